The average molecular weight is 293 g/mol. The van der Waals surface area contributed by atoms with Crippen LogP contribution in [0.3, 0.4) is 0 Å². The lowest BCUT2D eigenvalue weighted by Crippen LogP contribution is -2.38. The Bertz CT molecular complexity index is 485. The van der Waals surface area contributed by atoms with Gasteiger partial charge in [-0.2, -0.15) is 0 Å². The normalized spacial score (nSPS) is 12.2. The molecule has 1 N–H and O–H groups in total. The number of ether oxygens (including phenoxy) is 3. The summed E-state index contributed by atoms with van der Waals surface area (Å²) in [7, 11) is 3.17. The summed E-state index contributed by atoms with van der Waals surface area (Å²) < 4.78 is 15.7. The van der Waals surface area contributed by atoms with Crippen molar-refractivity contribution in [2.24, 2.45) is 0 Å². The van der Waals surface area contributed by atoms with Crippen LogP contribution < -0.4 is 14.8 Å². The lowest BCUT2D eigenvalue weighted by molar-refractivity contribution is -0.124. The number of allylic oxidation sites excluding steroid dienone is 1. The average Bonchev–Trinajstić information content (AvgIpc) is 2.46. The van der Waals surface area contributed by atoms with Gasteiger partial charge in [-0.05, 0) is 31.5 Å². The Hall–Kier alpha value is -2.01. The summed E-state index contributed by atoms with van der Waals surface area (Å²) in [4.78, 5) is 11.7. The molecule has 5 heteroatoms. The maximum Gasteiger partial charge on any atom is 0.258 e. The summed E-state index contributed by atoms with van der Waals surface area (Å²) in [5.41, 5.74) is 1.01. The number of nitrogens with one attached hydrogen (secondary N) is 1. The quantitative estimate of drug-likeness (QED) is 0.799. The molecule has 0 radical (unpaired) electrons. The van der Waals surface area contributed by atoms with Crippen LogP contribution in [-0.4, -0.2) is 39.4 Å². The molecule has 0 heterocycles. The predicted molar refractivity (Wildman–Crippen MR) is 82.7 cm³/mol. The Labute approximate surface area is 125 Å². The van der Waals surface area contributed by atoms with Gasteiger partial charge in [-0.25, -0.2) is 0 Å². The van der Waals surface area contributed by atoms with Crippen LogP contribution in [0.2, 0.25) is 0 Å². The molecule has 0 aliphatic rings. The van der Waals surface area contributed by atoms with E-state index in [0.29, 0.717) is 18.1 Å². The molecular formula is C16H23NO4. The molecular weight excluding hydrogens is 270 g/mol. The van der Waals surface area contributed by atoms with Gasteiger partial charge in [0, 0.05) is 13.2 Å². The van der Waals surface area contributed by atoms with Gasteiger partial charge in [0.05, 0.1) is 13.7 Å². The van der Waals surface area contributed by atoms with E-state index in [2.05, 4.69) is 5.32 Å². The highest BCUT2D eigenvalue weighted by Gasteiger charge is 2.10. The van der Waals surface area contributed by atoms with Crippen molar-refractivity contribution in [1.82, 2.24) is 5.32 Å². The summed E-state index contributed by atoms with van der Waals surface area (Å²) in [6.45, 7) is 4.22. The summed E-state index contributed by atoms with van der Waals surface area (Å²) in [5.74, 6) is 0.947. The Morgan fingerprint density at radius 2 is 2.10 bits per heavy atom. The van der Waals surface area contributed by atoms with Crippen molar-refractivity contribution >= 4 is 12.0 Å². The van der Waals surface area contributed by atoms with E-state index >= 15 is 0 Å². The molecule has 1 unspecified atom stereocenters. The molecule has 21 heavy (non-hydrogen) atoms. The van der Waals surface area contributed by atoms with E-state index in [9.17, 15) is 4.79 Å². The summed E-state index contributed by atoms with van der Waals surface area (Å²) >= 11 is 0. The van der Waals surface area contributed by atoms with Crippen LogP contribution in [0.4, 0.5) is 0 Å². The molecule has 1 rings (SSSR count). The number of rotatable bonds is 8. The van der Waals surface area contributed by atoms with Crippen LogP contribution in [0, 0.1) is 0 Å². The lowest BCUT2D eigenvalue weighted by Gasteiger charge is -2.14. The third kappa shape index (κ3) is 5.87. The van der Waals surface area contributed by atoms with E-state index in [-0.39, 0.29) is 18.6 Å². The summed E-state index contributed by atoms with van der Waals surface area (Å²) in [6, 6.07) is 5.51. The fourth-order valence-corrected chi connectivity index (χ4v) is 1.85. The third-order valence-corrected chi connectivity index (χ3v) is 2.73. The van der Waals surface area contributed by atoms with Crippen LogP contribution in [-0.2, 0) is 9.53 Å². The van der Waals surface area contributed by atoms with E-state index in [1.165, 1.54) is 0 Å². The van der Waals surface area contributed by atoms with Gasteiger partial charge in [0.15, 0.2) is 18.1 Å². The van der Waals surface area contributed by atoms with Crippen molar-refractivity contribution in [3.63, 3.8) is 0 Å². The van der Waals surface area contributed by atoms with Gasteiger partial charge in [-0.3, -0.25) is 4.79 Å². The van der Waals surface area contributed by atoms with Gasteiger partial charge < -0.3 is 19.5 Å². The van der Waals surface area contributed by atoms with Crippen molar-refractivity contribution in [2.45, 2.75) is 19.9 Å². The molecule has 0 saturated carbocycles. The summed E-state index contributed by atoms with van der Waals surface area (Å²) in [6.07, 6.45) is 3.91. The number of hydrogen-bond acceptors (Lipinski definition) is 4. The Morgan fingerprint density at radius 1 is 1.33 bits per heavy atom. The van der Waals surface area contributed by atoms with Crippen molar-refractivity contribution < 1.29 is 19.0 Å². The molecule has 0 saturated heterocycles. The van der Waals surface area contributed by atoms with Crippen LogP contribution >= 0.6 is 0 Å². The molecule has 1 amide bonds. The van der Waals surface area contributed by atoms with Crippen molar-refractivity contribution in [3.05, 3.63) is 29.8 Å². The first-order valence-electron chi connectivity index (χ1n) is 6.82. The zero-order valence-corrected chi connectivity index (χ0v) is 13.0. The van der Waals surface area contributed by atoms with Crippen LogP contribution in [0.5, 0.6) is 11.5 Å². The van der Waals surface area contributed by atoms with Crippen LogP contribution in [0.15, 0.2) is 24.3 Å². The van der Waals surface area contributed by atoms with E-state index in [4.69, 9.17) is 14.2 Å². The first-order valence-corrected chi connectivity index (χ1v) is 6.82. The van der Waals surface area contributed by atoms with E-state index in [1.54, 1.807) is 20.3 Å². The maximum absolute atomic E-state index is 11.7. The van der Waals surface area contributed by atoms with Gasteiger partial charge in [0.25, 0.3) is 5.91 Å². The van der Waals surface area contributed by atoms with E-state index in [1.807, 2.05) is 38.1 Å². The molecule has 1 aromatic rings. The number of benzene rings is 1. The first-order chi connectivity index (χ1) is 10.1. The highest BCUT2D eigenvalue weighted by molar-refractivity contribution is 5.78. The van der Waals surface area contributed by atoms with Crippen molar-refractivity contribution in [1.29, 1.82) is 0 Å². The number of amides is 1. The number of carbonyl (C=O) groups is 1. The van der Waals surface area contributed by atoms with Crippen LogP contribution in [0.1, 0.15) is 19.4 Å². The minimum atomic E-state index is -0.195. The predicted octanol–water partition coefficient (Wildman–Crippen LogP) is 2.26. The Balaban J connectivity index is 2.60. The molecule has 0 bridgehead atoms. The molecule has 0 aliphatic carbocycles. The third-order valence-electron chi connectivity index (χ3n) is 2.73. The first kappa shape index (κ1) is 17.0. The fourth-order valence-electron chi connectivity index (χ4n) is 1.85. The molecule has 0 fully saturated rings. The highest BCUT2D eigenvalue weighted by Crippen LogP contribution is 2.28. The van der Waals surface area contributed by atoms with Gasteiger partial charge in [-0.1, -0.05) is 18.2 Å². The maximum atomic E-state index is 11.7. The number of methoxy groups -OCH3 is 2. The number of hydrogen-bond donors (Lipinski definition) is 1. The lowest BCUT2D eigenvalue weighted by atomic mass is 10.2. The second-order valence-electron chi connectivity index (χ2n) is 4.62. The Morgan fingerprint density at radius 3 is 2.71 bits per heavy atom. The topological polar surface area (TPSA) is 56.8 Å². The fraction of sp³-hybridized carbons (Fsp3) is 0.438. The Kier molecular flexibility index (Phi) is 7.32. The van der Waals surface area contributed by atoms with Gasteiger partial charge in [0.1, 0.15) is 0 Å². The minimum Gasteiger partial charge on any atom is -0.493 e. The van der Waals surface area contributed by atoms with Crippen LogP contribution in [0.25, 0.3) is 6.08 Å². The largest absolute Gasteiger partial charge is 0.493 e. The number of carbonyl (C=O) groups excluding carboxylic acids is 1. The summed E-state index contributed by atoms with van der Waals surface area (Å²) in [5, 5.41) is 2.78. The standard InChI is InChI=1S/C16H23NO4/c1-5-6-13-7-8-14(15(9-13)20-4)21-11-16(18)17-12(2)10-19-3/h5-9,12H,10-11H2,1-4H3,(H,17,18). The molecule has 0 aromatic heterocycles. The smallest absolute Gasteiger partial charge is 0.258 e. The monoisotopic (exact) mass is 293 g/mol. The van der Waals surface area contributed by atoms with E-state index in [0.717, 1.165) is 5.56 Å². The molecule has 5 nitrogen and oxygen atoms in total. The molecule has 1 aromatic carbocycles. The van der Waals surface area contributed by atoms with E-state index < -0.39 is 0 Å². The second kappa shape index (κ2) is 9.02. The molecule has 0 aliphatic heterocycles. The zero-order chi connectivity index (χ0) is 15.7. The minimum absolute atomic E-state index is 0.0509. The zero-order valence-electron chi connectivity index (χ0n) is 13.0. The van der Waals surface area contributed by atoms with Crippen molar-refractivity contribution in [2.75, 3.05) is 27.4 Å². The SMILES string of the molecule is CC=Cc1ccc(OCC(=O)NC(C)COC)c(OC)c1. The highest BCUT2D eigenvalue weighted by atomic mass is 16.5. The molecule has 0 spiro atoms. The second-order valence-corrected chi connectivity index (χ2v) is 4.62. The van der Waals surface area contributed by atoms with Gasteiger partial charge in [-0.15, -0.1) is 0 Å². The molecule has 1 atom stereocenters. The van der Waals surface area contributed by atoms with Crippen molar-refractivity contribution in [3.8, 4) is 11.5 Å². The molecule has 116 valence electrons. The van der Waals surface area contributed by atoms with Gasteiger partial charge in [0.2, 0.25) is 0 Å². The van der Waals surface area contributed by atoms with Gasteiger partial charge >= 0.3 is 0 Å².